The van der Waals surface area contributed by atoms with Gasteiger partial charge in [-0.25, -0.2) is 9.71 Å². The van der Waals surface area contributed by atoms with Crippen molar-refractivity contribution in [1.29, 1.82) is 0 Å². The summed E-state index contributed by atoms with van der Waals surface area (Å²) in [4.78, 5) is 7.06. The van der Waals surface area contributed by atoms with Crippen molar-refractivity contribution in [3.8, 4) is 0 Å². The Kier molecular flexibility index (Phi) is 7.07. The van der Waals surface area contributed by atoms with Crippen LogP contribution in [0.15, 0.2) is 67.1 Å². The highest BCUT2D eigenvalue weighted by Crippen LogP contribution is 2.29. The van der Waals surface area contributed by atoms with Crippen molar-refractivity contribution in [2.75, 3.05) is 13.1 Å². The number of rotatable bonds is 8. The molecule has 0 amide bonds. The molecule has 3 aromatic rings. The highest BCUT2D eigenvalue weighted by Gasteiger charge is 2.21. The molecule has 1 aliphatic rings. The van der Waals surface area contributed by atoms with Crippen LogP contribution in [0.25, 0.3) is 0 Å². The van der Waals surface area contributed by atoms with Crippen molar-refractivity contribution in [2.45, 2.75) is 38.4 Å². The first kappa shape index (κ1) is 20.9. The van der Waals surface area contributed by atoms with Crippen LogP contribution in [0.3, 0.4) is 0 Å². The first-order chi connectivity index (χ1) is 14.7. The Morgan fingerprint density at radius 3 is 2.57 bits per heavy atom. The third-order valence-electron chi connectivity index (χ3n) is 5.68. The number of benzene rings is 2. The lowest BCUT2D eigenvalue weighted by Gasteiger charge is -2.31. The number of hydrogen-bond acceptors (Lipinski definition) is 4. The fourth-order valence-corrected chi connectivity index (χ4v) is 4.41. The molecule has 158 valence electrons. The van der Waals surface area contributed by atoms with Gasteiger partial charge in [0, 0.05) is 37.1 Å². The second-order valence-electron chi connectivity index (χ2n) is 7.87. The van der Waals surface area contributed by atoms with Gasteiger partial charge in [0.2, 0.25) is 0 Å². The van der Waals surface area contributed by atoms with Gasteiger partial charge in [-0.2, -0.15) is 0 Å². The van der Waals surface area contributed by atoms with Crippen LogP contribution in [0.1, 0.15) is 41.1 Å². The van der Waals surface area contributed by atoms with E-state index < -0.39 is 11.3 Å². The van der Waals surface area contributed by atoms with E-state index in [2.05, 4.69) is 61.8 Å². The minimum absolute atomic E-state index is 0.342. The number of hydrogen-bond donors (Lipinski definition) is 1. The zero-order valence-corrected chi connectivity index (χ0v) is 17.8. The molecule has 1 aromatic heterocycles. The normalized spacial score (nSPS) is 16.6. The Balaban J connectivity index is 1.28. The highest BCUT2D eigenvalue weighted by molar-refractivity contribution is 7.77. The third-order valence-corrected chi connectivity index (χ3v) is 6.06. The average molecular weight is 424 g/mol. The van der Waals surface area contributed by atoms with Crippen molar-refractivity contribution in [1.82, 2.24) is 19.2 Å². The second kappa shape index (κ2) is 10.1. The summed E-state index contributed by atoms with van der Waals surface area (Å²) < 4.78 is 26.0. The topological polar surface area (TPSA) is 73.2 Å². The molecular weight excluding hydrogens is 396 g/mol. The van der Waals surface area contributed by atoms with E-state index >= 15 is 0 Å². The van der Waals surface area contributed by atoms with Crippen molar-refractivity contribution >= 4 is 11.3 Å². The minimum Gasteiger partial charge on any atom is -0.760 e. The van der Waals surface area contributed by atoms with Crippen LogP contribution in [0.2, 0.25) is 0 Å². The van der Waals surface area contributed by atoms with Crippen LogP contribution in [0, 0.1) is 0 Å². The van der Waals surface area contributed by atoms with Crippen LogP contribution in [-0.2, 0) is 30.9 Å². The SMILES string of the molecule is O=S([O-])NCc1cccc(C2CCN(Cc3cn(Cc4ccccc4)cn3)CC2)c1. The summed E-state index contributed by atoms with van der Waals surface area (Å²) in [7, 11) is 0. The van der Waals surface area contributed by atoms with Gasteiger partial charge in [-0.05, 0) is 48.5 Å². The van der Waals surface area contributed by atoms with Gasteiger partial charge >= 0.3 is 0 Å². The number of nitrogens with one attached hydrogen (secondary N) is 1. The van der Waals surface area contributed by atoms with Gasteiger partial charge in [-0.15, -0.1) is 0 Å². The predicted molar refractivity (Wildman–Crippen MR) is 117 cm³/mol. The molecule has 1 saturated heterocycles. The second-order valence-corrected chi connectivity index (χ2v) is 8.63. The average Bonchev–Trinajstić information content (AvgIpc) is 3.20. The van der Waals surface area contributed by atoms with Crippen molar-refractivity contribution < 1.29 is 8.76 Å². The van der Waals surface area contributed by atoms with Crippen LogP contribution < -0.4 is 4.72 Å². The predicted octanol–water partition coefficient (Wildman–Crippen LogP) is 3.19. The van der Waals surface area contributed by atoms with Gasteiger partial charge in [0.1, 0.15) is 0 Å². The molecule has 2 heterocycles. The highest BCUT2D eigenvalue weighted by atomic mass is 32.2. The van der Waals surface area contributed by atoms with E-state index in [1.54, 1.807) is 0 Å². The van der Waals surface area contributed by atoms with Gasteiger partial charge < -0.3 is 9.12 Å². The Morgan fingerprint density at radius 2 is 1.80 bits per heavy atom. The maximum Gasteiger partial charge on any atom is 0.0953 e. The largest absolute Gasteiger partial charge is 0.760 e. The number of piperidine rings is 1. The van der Waals surface area contributed by atoms with Crippen molar-refractivity contribution in [3.05, 3.63) is 89.5 Å². The summed E-state index contributed by atoms with van der Waals surface area (Å²) in [6.07, 6.45) is 6.28. The molecule has 0 radical (unpaired) electrons. The minimum atomic E-state index is -2.23. The van der Waals surface area contributed by atoms with Crippen LogP contribution in [0.4, 0.5) is 0 Å². The molecule has 0 bridgehead atoms. The Morgan fingerprint density at radius 1 is 1.03 bits per heavy atom. The first-order valence-electron chi connectivity index (χ1n) is 10.3. The maximum atomic E-state index is 10.7. The summed E-state index contributed by atoms with van der Waals surface area (Å²) in [5.74, 6) is 0.523. The van der Waals surface area contributed by atoms with E-state index in [0.717, 1.165) is 50.3 Å². The van der Waals surface area contributed by atoms with Crippen LogP contribution in [0.5, 0.6) is 0 Å². The smallest absolute Gasteiger partial charge is 0.0953 e. The monoisotopic (exact) mass is 423 g/mol. The van der Waals surface area contributed by atoms with Crippen molar-refractivity contribution in [3.63, 3.8) is 0 Å². The summed E-state index contributed by atoms with van der Waals surface area (Å²) in [5.41, 5.74) is 4.70. The fraction of sp³-hybridized carbons (Fsp3) is 0.348. The van der Waals surface area contributed by atoms with E-state index in [1.165, 1.54) is 11.1 Å². The molecule has 1 fully saturated rings. The first-order valence-corrected chi connectivity index (χ1v) is 11.4. The Labute approximate surface area is 180 Å². The Hall–Kier alpha value is -2.32. The van der Waals surface area contributed by atoms with E-state index in [0.29, 0.717) is 12.5 Å². The third kappa shape index (κ3) is 5.86. The standard InChI is InChI=1S/C23H28N4O2S/c28-30(29)25-14-20-7-4-8-22(13-20)21-9-11-26(12-10-21)16-23-17-27(18-24-23)15-19-5-2-1-3-6-19/h1-8,13,17-18,21,25H,9-12,14-16H2,(H,28,29)/p-1. The molecule has 2 aromatic carbocycles. The molecule has 1 aliphatic heterocycles. The summed E-state index contributed by atoms with van der Waals surface area (Å²) in [5, 5.41) is 0. The zero-order valence-electron chi connectivity index (χ0n) is 16.9. The van der Waals surface area contributed by atoms with E-state index in [9.17, 15) is 8.76 Å². The summed E-state index contributed by atoms with van der Waals surface area (Å²) in [6, 6.07) is 18.7. The van der Waals surface area contributed by atoms with E-state index in [-0.39, 0.29) is 0 Å². The van der Waals surface area contributed by atoms with Crippen LogP contribution >= 0.6 is 0 Å². The maximum absolute atomic E-state index is 10.7. The van der Waals surface area contributed by atoms with Gasteiger partial charge in [0.15, 0.2) is 0 Å². The number of aromatic nitrogens is 2. The fourth-order valence-electron chi connectivity index (χ4n) is 4.12. The molecule has 7 heteroatoms. The zero-order chi connectivity index (χ0) is 20.8. The molecule has 4 rings (SSSR count). The molecule has 6 nitrogen and oxygen atoms in total. The van der Waals surface area contributed by atoms with Crippen molar-refractivity contribution in [2.24, 2.45) is 0 Å². The van der Waals surface area contributed by atoms with E-state index in [1.807, 2.05) is 24.5 Å². The summed E-state index contributed by atoms with van der Waals surface area (Å²) >= 11 is -2.23. The molecular formula is C23H27N4O2S-. The van der Waals surface area contributed by atoms with E-state index in [4.69, 9.17) is 0 Å². The lowest BCUT2D eigenvalue weighted by molar-refractivity contribution is 0.202. The quantitative estimate of drug-likeness (QED) is 0.565. The molecule has 1 atom stereocenters. The lowest BCUT2D eigenvalue weighted by atomic mass is 9.88. The van der Waals surface area contributed by atoms with Gasteiger partial charge in [-0.3, -0.25) is 9.11 Å². The molecule has 1 N–H and O–H groups in total. The number of nitrogens with zero attached hydrogens (tertiary/aromatic N) is 3. The van der Waals surface area contributed by atoms with Crippen LogP contribution in [-0.4, -0.2) is 36.3 Å². The molecule has 0 spiro atoms. The lowest BCUT2D eigenvalue weighted by Crippen LogP contribution is -2.32. The van der Waals surface area contributed by atoms with Gasteiger partial charge in [0.05, 0.1) is 12.0 Å². The number of likely N-dealkylation sites (tertiary alicyclic amines) is 1. The molecule has 1 unspecified atom stereocenters. The molecule has 0 saturated carbocycles. The van der Waals surface area contributed by atoms with Gasteiger partial charge in [-0.1, -0.05) is 54.6 Å². The molecule has 0 aliphatic carbocycles. The number of imidazole rings is 1. The van der Waals surface area contributed by atoms with Gasteiger partial charge in [0.25, 0.3) is 0 Å². The Bertz CT molecular complexity index is 968. The molecule has 30 heavy (non-hydrogen) atoms. The summed E-state index contributed by atoms with van der Waals surface area (Å²) in [6.45, 7) is 4.16.